The topological polar surface area (TPSA) is 569 Å². The molecule has 39 heteroatoms. The van der Waals surface area contributed by atoms with Gasteiger partial charge in [0.1, 0.15) is 137 Å². The number of nitrogens with one attached hydrogen (secondary N) is 8. The summed E-state index contributed by atoms with van der Waals surface area (Å²) in [4.78, 5) is 125. The van der Waals surface area contributed by atoms with Crippen molar-refractivity contribution in [2.24, 2.45) is 5.73 Å². The number of phenolic OH excluding ortho intramolecular Hbond substituents is 5. The maximum absolute atomic E-state index is 16.5. The number of hydrogen-bond acceptors (Lipinski definition) is 29. The van der Waals surface area contributed by atoms with Gasteiger partial charge in [0.2, 0.25) is 59.3 Å². The first-order valence-corrected chi connectivity index (χ1v) is 36.9. The summed E-state index contributed by atoms with van der Waals surface area (Å²) >= 11 is 14.2. The SMILES string of the molecule is CC(=O)N[C@@H]1[C@H](O[C@@H]2c3ccc(c(Cl)c3)Oc3cc4cc(c3O)Oc3ccc(cc3Cl)C[C@H]3NC(=O)[C@H](N)c5ccc(O)c(c5)Oc5cc(O)cc(c5)[C@H](NC3=O)C(=O)N[C@H]4C(=O)N[C@H]3C(=O)N[C@@H]2C(=O)N[C@H](C(=O)NCCCN(C)C)c2cc(O)cc(O[C@H]4O[C@H](CO)[C@@H](O)[C@@H](O)[C@@H]4O)c2-c2cc3ccc2O)O[C@@H](CO)[C@@H](O)[C@@H]1O. The summed E-state index contributed by atoms with van der Waals surface area (Å²) in [5.74, 6) is -16.4. The van der Waals surface area contributed by atoms with Gasteiger partial charge < -0.3 is 148 Å². The predicted octanol–water partition coefficient (Wildman–Crippen LogP) is 0.409. The van der Waals surface area contributed by atoms with Crippen LogP contribution in [0.5, 0.6) is 69.0 Å². The van der Waals surface area contributed by atoms with Gasteiger partial charge in [-0.25, -0.2) is 0 Å². The molecule has 22 N–H and O–H groups in total. The highest BCUT2D eigenvalue weighted by atomic mass is 35.5. The van der Waals surface area contributed by atoms with Gasteiger partial charge in [-0.1, -0.05) is 47.5 Å². The third kappa shape index (κ3) is 17.3. The van der Waals surface area contributed by atoms with Crippen LogP contribution in [-0.2, 0) is 59.0 Å². The second-order valence-corrected chi connectivity index (χ2v) is 29.4. The Bertz CT molecular complexity index is 5020. The maximum atomic E-state index is 16.5. The fourth-order valence-corrected chi connectivity index (χ4v) is 14.7. The Labute approximate surface area is 667 Å². The summed E-state index contributed by atoms with van der Waals surface area (Å²) in [6, 6.07) is 4.99. The van der Waals surface area contributed by atoms with Crippen LogP contribution in [0, 0.1) is 0 Å². The minimum absolute atomic E-state index is 0.0745. The molecule has 8 aliphatic rings. The van der Waals surface area contributed by atoms with E-state index in [9.17, 15) is 70.9 Å². The molecule has 0 spiro atoms. The highest BCUT2D eigenvalue weighted by molar-refractivity contribution is 6.32. The average Bonchev–Trinajstić information content (AvgIpc) is 0.754. The first-order chi connectivity index (χ1) is 55.2. The monoisotopic (exact) mass is 1650 g/mol. The number of aliphatic hydroxyl groups excluding tert-OH is 7. The Hall–Kier alpha value is -11.4. The van der Waals surface area contributed by atoms with Crippen molar-refractivity contribution in [3.63, 3.8) is 0 Å². The van der Waals surface area contributed by atoms with Gasteiger partial charge in [0.25, 0.3) is 0 Å². The number of ether oxygens (including phenoxy) is 7. The van der Waals surface area contributed by atoms with E-state index in [1.165, 1.54) is 42.5 Å². The fourth-order valence-electron chi connectivity index (χ4n) is 14.2. The molecule has 0 aromatic heterocycles. The molecule has 37 nitrogen and oxygen atoms in total. The van der Waals surface area contributed by atoms with Crippen LogP contribution in [0.4, 0.5) is 0 Å². The van der Waals surface area contributed by atoms with Crippen LogP contribution < -0.4 is 67.2 Å². The van der Waals surface area contributed by atoms with Crippen molar-refractivity contribution < 1.29 is 133 Å². The van der Waals surface area contributed by atoms with Gasteiger partial charge in [-0.15, -0.1) is 0 Å². The molecule has 15 rings (SSSR count). The Morgan fingerprint density at radius 3 is 1.80 bits per heavy atom. The number of fused-ring (bicyclic) bond motifs is 14. The maximum Gasteiger partial charge on any atom is 0.248 e. The van der Waals surface area contributed by atoms with Crippen molar-refractivity contribution in [1.82, 2.24) is 47.4 Å². The van der Waals surface area contributed by atoms with Crippen molar-refractivity contribution in [2.75, 3.05) is 40.4 Å². The summed E-state index contributed by atoms with van der Waals surface area (Å²) in [6.07, 6.45) is -20.2. The quantitative estimate of drug-likeness (QED) is 0.0737. The van der Waals surface area contributed by atoms with Crippen LogP contribution in [0.1, 0.15) is 88.6 Å². The molecule has 8 heterocycles. The number of rotatable bonds is 12. The summed E-state index contributed by atoms with van der Waals surface area (Å²) in [6.45, 7) is -0.733. The van der Waals surface area contributed by atoms with E-state index in [1.807, 2.05) is 0 Å². The molecule has 18 atom stereocenters. The van der Waals surface area contributed by atoms with Gasteiger partial charge in [-0.3, -0.25) is 38.4 Å². The largest absolute Gasteiger partial charge is 0.508 e. The van der Waals surface area contributed by atoms with E-state index in [4.69, 9.17) is 62.1 Å². The number of amides is 8. The Balaban J connectivity index is 1.06. The number of halogens is 2. The van der Waals surface area contributed by atoms with E-state index >= 15 is 28.8 Å². The zero-order valence-electron chi connectivity index (χ0n) is 61.4. The van der Waals surface area contributed by atoms with Gasteiger partial charge in [-0.2, -0.15) is 0 Å². The third-order valence-electron chi connectivity index (χ3n) is 20.1. The lowest BCUT2D eigenvalue weighted by Gasteiger charge is -2.44. The van der Waals surface area contributed by atoms with Crippen molar-refractivity contribution in [3.8, 4) is 80.1 Å². The predicted molar refractivity (Wildman–Crippen MR) is 400 cm³/mol. The van der Waals surface area contributed by atoms with E-state index in [0.717, 1.165) is 79.7 Å². The number of carbonyl (C=O) groups is 8. The average molecular weight is 1650 g/mol. The number of carbonyl (C=O) groups excluding carboxylic acids is 8. The molecule has 17 bridgehead atoms. The number of hydrogen-bond donors (Lipinski definition) is 21. The van der Waals surface area contributed by atoms with E-state index in [2.05, 4.69) is 42.5 Å². The molecule has 7 aromatic carbocycles. The number of aromatic hydroxyl groups is 5. The summed E-state index contributed by atoms with van der Waals surface area (Å²) in [5, 5.41) is 157. The van der Waals surface area contributed by atoms with Crippen LogP contribution in [0.15, 0.2) is 115 Å². The number of aliphatic hydroxyl groups is 7. The minimum Gasteiger partial charge on any atom is -0.508 e. The molecule has 8 amide bonds. The summed E-state index contributed by atoms with van der Waals surface area (Å²) in [7, 11) is 3.50. The first kappa shape index (κ1) is 82.6. The van der Waals surface area contributed by atoms with Gasteiger partial charge in [0.05, 0.1) is 23.3 Å². The second-order valence-electron chi connectivity index (χ2n) is 28.5. The zero-order valence-corrected chi connectivity index (χ0v) is 62.9. The lowest BCUT2D eigenvalue weighted by atomic mass is 9.89. The van der Waals surface area contributed by atoms with Crippen LogP contribution in [0.2, 0.25) is 10.0 Å². The molecule has 7 aromatic rings. The van der Waals surface area contributed by atoms with Crippen LogP contribution >= 0.6 is 23.2 Å². The van der Waals surface area contributed by atoms with Gasteiger partial charge in [0.15, 0.2) is 29.3 Å². The van der Waals surface area contributed by atoms with Gasteiger partial charge in [-0.05, 0) is 145 Å². The van der Waals surface area contributed by atoms with E-state index in [1.54, 1.807) is 19.0 Å². The fraction of sp³-hybridized carbons (Fsp3) is 0.351. The standard InChI is InChI=1S/C77H80Cl2N10O27/c1-29(92)82-60-65(100)63(98)52(27-90)114-76(60)116-68-33-8-12-47(42(79)20-33)112-51-23-35-22-50(62(51)97)111-46-11-5-30(15-41(46)78)16-43-69(103)84-57(34-17-36(93)24-38(18-34)110-48-21-31(6-10-45(48)96)55(80)70(104)83-43)73(107)86-58(35)74(108)85-56-32-7-9-44(95)39(19-32)54-40(25-37(94)26-49(54)113-77-67(102)66(101)64(99)53(28-91)115-77)59(71(105)81-13-4-14-89(2)3)87-75(109)61(68)88-72(56)106/h5-12,15,17-26,43,52-53,55-61,63-68,76-77,90-91,93-102H,4,13-14,16,27-28,80H2,1-3H3,(H,81,105)(H,82,92)(H,83,104)(H,84,103)(H,85,108)(H,86,107)(H,87,109)(H,88,106)/t43-,52+,53-,55-,56-,57+,58-,59+,60+,61+,63-,64-,65-,66-,67+,68-,76+,77+/m1/s1. The van der Waals surface area contributed by atoms with Gasteiger partial charge in [0, 0.05) is 43.1 Å². The number of nitrogens with zero attached hydrogens (tertiary/aromatic N) is 1. The van der Waals surface area contributed by atoms with Gasteiger partial charge >= 0.3 is 0 Å². The summed E-state index contributed by atoms with van der Waals surface area (Å²) < 4.78 is 43.7. The van der Waals surface area contributed by atoms with Crippen molar-refractivity contribution in [3.05, 3.63) is 164 Å². The molecular formula is C77H80Cl2N10O27. The molecule has 8 aliphatic heterocycles. The Morgan fingerprint density at radius 2 is 1.15 bits per heavy atom. The number of benzene rings is 7. The molecule has 116 heavy (non-hydrogen) atoms. The van der Waals surface area contributed by atoms with Crippen molar-refractivity contribution in [1.29, 1.82) is 0 Å². The highest BCUT2D eigenvalue weighted by Crippen LogP contribution is 2.50. The molecular weight excluding hydrogens is 1570 g/mol. The molecule has 614 valence electrons. The lowest BCUT2D eigenvalue weighted by Crippen LogP contribution is -2.65. The van der Waals surface area contributed by atoms with Crippen molar-refractivity contribution >= 4 is 70.5 Å². The Kier molecular flexibility index (Phi) is 24.3. The molecule has 0 radical (unpaired) electrons. The number of phenols is 5. The van der Waals surface area contributed by atoms with E-state index < -0.39 is 255 Å². The zero-order chi connectivity index (χ0) is 83.2. The van der Waals surface area contributed by atoms with Crippen LogP contribution in [-0.4, -0.2) is 227 Å². The molecule has 2 saturated heterocycles. The Morgan fingerprint density at radius 1 is 0.560 bits per heavy atom. The van der Waals surface area contributed by atoms with Crippen LogP contribution in [0.25, 0.3) is 11.1 Å². The van der Waals surface area contributed by atoms with E-state index in [-0.39, 0.29) is 63.2 Å². The minimum atomic E-state index is -2.42. The molecule has 2 fully saturated rings. The first-order valence-electron chi connectivity index (χ1n) is 36.1. The smallest absolute Gasteiger partial charge is 0.248 e. The normalized spacial score (nSPS) is 27.3. The van der Waals surface area contributed by atoms with Crippen molar-refractivity contribution in [2.45, 2.75) is 130 Å². The number of nitrogens with two attached hydrogens (primary N) is 1. The highest BCUT2D eigenvalue weighted by Gasteiger charge is 2.51. The summed E-state index contributed by atoms with van der Waals surface area (Å²) in [5.41, 5.74) is 3.89. The van der Waals surface area contributed by atoms with E-state index in [0.29, 0.717) is 6.54 Å². The molecule has 0 saturated carbocycles. The molecule has 0 unspecified atom stereocenters. The molecule has 0 aliphatic carbocycles. The second kappa shape index (κ2) is 34.2. The third-order valence-corrected chi connectivity index (χ3v) is 20.7. The lowest BCUT2D eigenvalue weighted by molar-refractivity contribution is -0.284. The van der Waals surface area contributed by atoms with Crippen LogP contribution in [0.3, 0.4) is 0 Å².